The monoisotopic (exact) mass is 435 g/mol. The number of likely N-dealkylation sites (N-methyl/N-ethyl adjacent to an activating group) is 1. The summed E-state index contributed by atoms with van der Waals surface area (Å²) in [6, 6.07) is 4.09. The summed E-state index contributed by atoms with van der Waals surface area (Å²) < 4.78 is 8.00. The molecule has 0 radical (unpaired) electrons. The van der Waals surface area contributed by atoms with Gasteiger partial charge in [-0.3, -0.25) is 9.36 Å². The van der Waals surface area contributed by atoms with E-state index in [1.807, 2.05) is 17.9 Å². The molecule has 0 aromatic carbocycles. The third-order valence-corrected chi connectivity index (χ3v) is 7.56. The Morgan fingerprint density at radius 3 is 2.83 bits per heavy atom. The van der Waals surface area contributed by atoms with Gasteiger partial charge in [0.2, 0.25) is 5.91 Å². The fraction of sp³-hybridized carbons (Fsp3) is 0.650. The molecule has 0 N–H and O–H groups in total. The van der Waals surface area contributed by atoms with E-state index in [4.69, 9.17) is 4.74 Å². The zero-order valence-corrected chi connectivity index (χ0v) is 18.8. The van der Waals surface area contributed by atoms with Gasteiger partial charge in [-0.05, 0) is 37.8 Å². The molecule has 2 aromatic heterocycles. The van der Waals surface area contributed by atoms with Crippen molar-refractivity contribution in [2.45, 2.75) is 49.7 Å². The lowest BCUT2D eigenvalue weighted by Gasteiger charge is -2.35. The summed E-state index contributed by atoms with van der Waals surface area (Å²) in [5.74, 6) is 1.06. The highest BCUT2D eigenvalue weighted by Crippen LogP contribution is 2.31. The molecule has 2 aliphatic heterocycles. The van der Waals surface area contributed by atoms with Gasteiger partial charge in [-0.2, -0.15) is 0 Å². The Kier molecular flexibility index (Phi) is 6.89. The maximum Gasteiger partial charge on any atom is 0.235 e. The van der Waals surface area contributed by atoms with Crippen LogP contribution in [0.15, 0.2) is 22.7 Å². The van der Waals surface area contributed by atoms with Crippen molar-refractivity contribution < 1.29 is 9.53 Å². The quantitative estimate of drug-likeness (QED) is 0.623. The standard InChI is InChI=1S/C20H29N5O2S2/c1-3-23-8-10-24(11-9-23)19(26)15(2)29-20-22-21-18(17-7-5-13-28-17)25(20)14-16-6-4-12-27-16/h5,7,13,15-16H,3-4,6,8-12,14H2,1-2H3. The lowest BCUT2D eigenvalue weighted by atomic mass is 10.2. The summed E-state index contributed by atoms with van der Waals surface area (Å²) in [7, 11) is 0. The topological polar surface area (TPSA) is 63.5 Å². The number of rotatable bonds is 7. The van der Waals surface area contributed by atoms with Gasteiger partial charge in [0, 0.05) is 32.8 Å². The molecule has 0 bridgehead atoms. The molecule has 29 heavy (non-hydrogen) atoms. The van der Waals surface area contributed by atoms with E-state index in [9.17, 15) is 4.79 Å². The van der Waals surface area contributed by atoms with Crippen molar-refractivity contribution in [1.29, 1.82) is 0 Å². The molecule has 4 rings (SSSR count). The number of aromatic nitrogens is 3. The summed E-state index contributed by atoms with van der Waals surface area (Å²) in [6.45, 7) is 10.3. The first-order chi connectivity index (χ1) is 14.2. The molecule has 4 heterocycles. The third-order valence-electron chi connectivity index (χ3n) is 5.63. The minimum atomic E-state index is -0.188. The van der Waals surface area contributed by atoms with Gasteiger partial charge in [-0.15, -0.1) is 21.5 Å². The highest BCUT2D eigenvalue weighted by atomic mass is 32.2. The second-order valence-electron chi connectivity index (χ2n) is 7.55. The van der Waals surface area contributed by atoms with Crippen LogP contribution in [0.4, 0.5) is 0 Å². The molecule has 0 spiro atoms. The molecule has 158 valence electrons. The normalized spacial score (nSPS) is 21.6. The number of amides is 1. The molecule has 0 saturated carbocycles. The maximum atomic E-state index is 13.0. The molecular weight excluding hydrogens is 406 g/mol. The number of thiophene rings is 1. The lowest BCUT2D eigenvalue weighted by Crippen LogP contribution is -2.50. The summed E-state index contributed by atoms with van der Waals surface area (Å²) >= 11 is 3.17. The smallest absolute Gasteiger partial charge is 0.235 e. The SMILES string of the molecule is CCN1CCN(C(=O)C(C)Sc2nnc(-c3cccs3)n2CC2CCCO2)CC1. The summed E-state index contributed by atoms with van der Waals surface area (Å²) in [6.07, 6.45) is 2.35. The van der Waals surface area contributed by atoms with Gasteiger partial charge >= 0.3 is 0 Å². The van der Waals surface area contributed by atoms with Gasteiger partial charge in [-0.1, -0.05) is 24.8 Å². The Hall–Kier alpha value is -1.42. The number of thioether (sulfide) groups is 1. The second-order valence-corrected chi connectivity index (χ2v) is 9.80. The van der Waals surface area contributed by atoms with Crippen molar-refractivity contribution in [3.05, 3.63) is 17.5 Å². The van der Waals surface area contributed by atoms with Gasteiger partial charge in [0.1, 0.15) is 0 Å². The van der Waals surface area contributed by atoms with E-state index in [0.29, 0.717) is 0 Å². The van der Waals surface area contributed by atoms with Crippen molar-refractivity contribution in [3.63, 3.8) is 0 Å². The number of carbonyl (C=O) groups excluding carboxylic acids is 1. The number of nitrogens with zero attached hydrogens (tertiary/aromatic N) is 5. The van der Waals surface area contributed by atoms with E-state index in [2.05, 4.69) is 38.0 Å². The molecule has 2 aliphatic rings. The molecular formula is C20H29N5O2S2. The van der Waals surface area contributed by atoms with Gasteiger partial charge in [0.25, 0.3) is 0 Å². The Bertz CT molecular complexity index is 796. The molecule has 2 aromatic rings. The highest BCUT2D eigenvalue weighted by Gasteiger charge is 2.28. The van der Waals surface area contributed by atoms with Crippen LogP contribution in [0.3, 0.4) is 0 Å². The lowest BCUT2D eigenvalue weighted by molar-refractivity contribution is -0.132. The van der Waals surface area contributed by atoms with Crippen LogP contribution in [0.1, 0.15) is 26.7 Å². The van der Waals surface area contributed by atoms with Crippen molar-refractivity contribution in [1.82, 2.24) is 24.6 Å². The summed E-state index contributed by atoms with van der Waals surface area (Å²) in [5, 5.41) is 11.6. The fourth-order valence-electron chi connectivity index (χ4n) is 3.87. The Balaban J connectivity index is 1.48. The van der Waals surface area contributed by atoms with Crippen LogP contribution in [0.2, 0.25) is 0 Å². The predicted molar refractivity (Wildman–Crippen MR) is 116 cm³/mol. The molecule has 1 amide bonds. The number of piperazine rings is 1. The Morgan fingerprint density at radius 1 is 1.34 bits per heavy atom. The molecule has 2 atom stereocenters. The third kappa shape index (κ3) is 4.84. The number of hydrogen-bond acceptors (Lipinski definition) is 7. The highest BCUT2D eigenvalue weighted by molar-refractivity contribution is 8.00. The maximum absolute atomic E-state index is 13.0. The van der Waals surface area contributed by atoms with Gasteiger partial charge in [-0.25, -0.2) is 0 Å². The van der Waals surface area contributed by atoms with Crippen molar-refractivity contribution in [3.8, 4) is 10.7 Å². The van der Waals surface area contributed by atoms with Crippen LogP contribution >= 0.6 is 23.1 Å². The van der Waals surface area contributed by atoms with E-state index in [0.717, 1.165) is 74.6 Å². The van der Waals surface area contributed by atoms with E-state index in [-0.39, 0.29) is 17.3 Å². The van der Waals surface area contributed by atoms with Crippen molar-refractivity contribution in [2.24, 2.45) is 0 Å². The molecule has 2 saturated heterocycles. The summed E-state index contributed by atoms with van der Waals surface area (Å²) in [4.78, 5) is 18.5. The van der Waals surface area contributed by atoms with Crippen LogP contribution in [-0.2, 0) is 16.1 Å². The molecule has 2 unspecified atom stereocenters. The molecule has 0 aliphatic carbocycles. The van der Waals surface area contributed by atoms with E-state index < -0.39 is 0 Å². The average molecular weight is 436 g/mol. The Morgan fingerprint density at radius 2 is 2.17 bits per heavy atom. The van der Waals surface area contributed by atoms with Gasteiger partial charge < -0.3 is 14.5 Å². The average Bonchev–Trinajstić information content (AvgIpc) is 3.51. The van der Waals surface area contributed by atoms with Gasteiger partial charge in [0.15, 0.2) is 11.0 Å². The second kappa shape index (κ2) is 9.59. The van der Waals surface area contributed by atoms with Crippen molar-refractivity contribution in [2.75, 3.05) is 39.3 Å². The number of ether oxygens (including phenoxy) is 1. The molecule has 2 fully saturated rings. The van der Waals surface area contributed by atoms with E-state index in [1.54, 1.807) is 11.3 Å². The molecule has 7 nitrogen and oxygen atoms in total. The van der Waals surface area contributed by atoms with Gasteiger partial charge in [0.05, 0.1) is 22.8 Å². The number of hydrogen-bond donors (Lipinski definition) is 0. The zero-order chi connectivity index (χ0) is 20.2. The fourth-order valence-corrected chi connectivity index (χ4v) is 5.53. The summed E-state index contributed by atoms with van der Waals surface area (Å²) in [5.41, 5.74) is 0. The van der Waals surface area contributed by atoms with E-state index in [1.165, 1.54) is 11.8 Å². The first-order valence-electron chi connectivity index (χ1n) is 10.4. The number of carbonyl (C=O) groups is 1. The minimum absolute atomic E-state index is 0.188. The predicted octanol–water partition coefficient (Wildman–Crippen LogP) is 2.83. The van der Waals surface area contributed by atoms with Crippen LogP contribution in [0.25, 0.3) is 10.7 Å². The van der Waals surface area contributed by atoms with Crippen LogP contribution in [0, 0.1) is 0 Å². The van der Waals surface area contributed by atoms with Crippen LogP contribution in [-0.4, -0.2) is 81.2 Å². The van der Waals surface area contributed by atoms with Crippen molar-refractivity contribution >= 4 is 29.0 Å². The Labute approximate surface area is 180 Å². The van der Waals surface area contributed by atoms with E-state index >= 15 is 0 Å². The molecule has 9 heteroatoms. The first kappa shape index (κ1) is 20.8. The van der Waals surface area contributed by atoms with Crippen LogP contribution in [0.5, 0.6) is 0 Å². The first-order valence-corrected chi connectivity index (χ1v) is 12.2. The zero-order valence-electron chi connectivity index (χ0n) is 17.1. The minimum Gasteiger partial charge on any atom is -0.376 e. The van der Waals surface area contributed by atoms with Crippen LogP contribution < -0.4 is 0 Å². The largest absolute Gasteiger partial charge is 0.376 e.